The quantitative estimate of drug-likeness (QED) is 0.842. The highest BCUT2D eigenvalue weighted by molar-refractivity contribution is 5.71. The van der Waals surface area contributed by atoms with Crippen LogP contribution in [-0.4, -0.2) is 62.4 Å². The standard InChI is InChI=1S/C20H26N4O2/c1-15-2-5-17(6-3-15)24-12-10-23(11-13-24)9-8-21-16-4-7-18-19(14-16)26-20(25)22-18/h2-7,14,18-19,21H,8-13H2,1H3,(H,22,25). The lowest BCUT2D eigenvalue weighted by atomic mass is 10.0. The number of fused-ring (bicyclic) bond motifs is 1. The molecule has 2 N–H and O–H groups in total. The average molecular weight is 354 g/mol. The monoisotopic (exact) mass is 354 g/mol. The Balaban J connectivity index is 1.20. The van der Waals surface area contributed by atoms with E-state index in [1.54, 1.807) is 0 Å². The Kier molecular flexibility index (Phi) is 4.84. The molecule has 0 spiro atoms. The fourth-order valence-electron chi connectivity index (χ4n) is 3.65. The zero-order valence-corrected chi connectivity index (χ0v) is 15.1. The Morgan fingerprint density at radius 3 is 2.73 bits per heavy atom. The smallest absolute Gasteiger partial charge is 0.408 e. The molecule has 2 heterocycles. The molecule has 1 aromatic carbocycles. The SMILES string of the molecule is Cc1ccc(N2CCN(CCNC3=CC4OC(=O)NC4C=C3)CC2)cc1. The van der Waals surface area contributed by atoms with Crippen molar-refractivity contribution in [2.75, 3.05) is 44.2 Å². The maximum absolute atomic E-state index is 11.3. The number of aryl methyl sites for hydroxylation is 1. The molecule has 2 unspecified atom stereocenters. The van der Waals surface area contributed by atoms with Gasteiger partial charge in [0.1, 0.15) is 6.10 Å². The lowest BCUT2D eigenvalue weighted by Gasteiger charge is -2.36. The molecule has 1 amide bonds. The number of carbonyl (C=O) groups is 1. The minimum atomic E-state index is -0.339. The van der Waals surface area contributed by atoms with Crippen LogP contribution in [0.2, 0.25) is 0 Å². The van der Waals surface area contributed by atoms with Crippen molar-refractivity contribution in [3.05, 3.63) is 53.8 Å². The molecular formula is C20H26N4O2. The van der Waals surface area contributed by atoms with Gasteiger partial charge in [-0.05, 0) is 31.2 Å². The first-order chi connectivity index (χ1) is 12.7. The third-order valence-corrected chi connectivity index (χ3v) is 5.24. The molecule has 2 saturated heterocycles. The van der Waals surface area contributed by atoms with E-state index in [0.717, 1.165) is 45.0 Å². The first kappa shape index (κ1) is 17.0. The molecule has 0 bridgehead atoms. The molecule has 6 heteroatoms. The van der Waals surface area contributed by atoms with Crippen LogP contribution in [0.1, 0.15) is 5.56 Å². The van der Waals surface area contributed by atoms with Crippen LogP contribution in [-0.2, 0) is 4.74 Å². The van der Waals surface area contributed by atoms with Crippen LogP contribution in [0.3, 0.4) is 0 Å². The topological polar surface area (TPSA) is 56.8 Å². The van der Waals surface area contributed by atoms with Gasteiger partial charge in [-0.25, -0.2) is 4.79 Å². The van der Waals surface area contributed by atoms with E-state index < -0.39 is 0 Å². The molecule has 2 atom stereocenters. The maximum atomic E-state index is 11.3. The van der Waals surface area contributed by atoms with Crippen LogP contribution in [0.4, 0.5) is 10.5 Å². The molecule has 6 nitrogen and oxygen atoms in total. The van der Waals surface area contributed by atoms with Crippen molar-refractivity contribution in [3.63, 3.8) is 0 Å². The summed E-state index contributed by atoms with van der Waals surface area (Å²) in [5, 5.41) is 6.22. The molecule has 2 aliphatic heterocycles. The van der Waals surface area contributed by atoms with E-state index in [2.05, 4.69) is 51.6 Å². The van der Waals surface area contributed by atoms with Crippen molar-refractivity contribution < 1.29 is 9.53 Å². The highest BCUT2D eigenvalue weighted by Crippen LogP contribution is 2.18. The fourth-order valence-corrected chi connectivity index (χ4v) is 3.65. The maximum Gasteiger partial charge on any atom is 0.408 e. The molecule has 3 aliphatic rings. The first-order valence-electron chi connectivity index (χ1n) is 9.32. The van der Waals surface area contributed by atoms with Gasteiger partial charge in [0.2, 0.25) is 0 Å². The highest BCUT2D eigenvalue weighted by Gasteiger charge is 2.32. The second-order valence-electron chi connectivity index (χ2n) is 7.11. The van der Waals surface area contributed by atoms with Crippen LogP contribution < -0.4 is 15.5 Å². The summed E-state index contributed by atoms with van der Waals surface area (Å²) in [6.07, 6.45) is 5.46. The summed E-state index contributed by atoms with van der Waals surface area (Å²) in [6, 6.07) is 8.76. The van der Waals surface area contributed by atoms with Crippen LogP contribution in [0, 0.1) is 6.92 Å². The van der Waals surface area contributed by atoms with Gasteiger partial charge in [0, 0.05) is 50.7 Å². The number of hydrogen-bond donors (Lipinski definition) is 2. The summed E-state index contributed by atoms with van der Waals surface area (Å²) in [5.41, 5.74) is 3.65. The number of benzene rings is 1. The van der Waals surface area contributed by atoms with Crippen LogP contribution in [0.15, 0.2) is 48.2 Å². The van der Waals surface area contributed by atoms with Crippen molar-refractivity contribution in [1.82, 2.24) is 15.5 Å². The summed E-state index contributed by atoms with van der Waals surface area (Å²) in [5.74, 6) is 0. The zero-order valence-electron chi connectivity index (χ0n) is 15.1. The van der Waals surface area contributed by atoms with Crippen molar-refractivity contribution in [2.45, 2.75) is 19.1 Å². The zero-order chi connectivity index (χ0) is 17.9. The fraction of sp³-hybridized carbons (Fsp3) is 0.450. The van der Waals surface area contributed by atoms with Gasteiger partial charge in [-0.2, -0.15) is 0 Å². The van der Waals surface area contributed by atoms with Gasteiger partial charge in [-0.3, -0.25) is 4.90 Å². The predicted molar refractivity (Wildman–Crippen MR) is 102 cm³/mol. The van der Waals surface area contributed by atoms with Crippen molar-refractivity contribution in [2.24, 2.45) is 0 Å². The normalized spacial score (nSPS) is 25.3. The Hall–Kier alpha value is -2.47. The lowest BCUT2D eigenvalue weighted by molar-refractivity contribution is 0.155. The Bertz CT molecular complexity index is 705. The summed E-state index contributed by atoms with van der Waals surface area (Å²) in [6.45, 7) is 8.32. The number of nitrogens with zero attached hydrogens (tertiary/aromatic N) is 2. The van der Waals surface area contributed by atoms with Crippen LogP contribution >= 0.6 is 0 Å². The largest absolute Gasteiger partial charge is 0.439 e. The second-order valence-corrected chi connectivity index (χ2v) is 7.11. The average Bonchev–Trinajstić information content (AvgIpc) is 3.02. The molecule has 26 heavy (non-hydrogen) atoms. The van der Waals surface area contributed by atoms with E-state index >= 15 is 0 Å². The van der Waals surface area contributed by atoms with Gasteiger partial charge in [0.25, 0.3) is 0 Å². The molecule has 2 fully saturated rings. The number of rotatable bonds is 5. The number of amides is 1. The molecule has 1 aliphatic carbocycles. The van der Waals surface area contributed by atoms with E-state index in [4.69, 9.17) is 4.74 Å². The Morgan fingerprint density at radius 2 is 1.96 bits per heavy atom. The molecule has 4 rings (SSSR count). The minimum Gasteiger partial charge on any atom is -0.439 e. The second kappa shape index (κ2) is 7.41. The molecule has 138 valence electrons. The number of anilines is 1. The van der Waals surface area contributed by atoms with E-state index in [-0.39, 0.29) is 18.2 Å². The molecule has 0 aromatic heterocycles. The Labute approximate surface area is 154 Å². The van der Waals surface area contributed by atoms with Crippen LogP contribution in [0.25, 0.3) is 0 Å². The van der Waals surface area contributed by atoms with E-state index in [0.29, 0.717) is 0 Å². The summed E-state index contributed by atoms with van der Waals surface area (Å²) >= 11 is 0. The number of carbonyl (C=O) groups excluding carboxylic acids is 1. The van der Waals surface area contributed by atoms with E-state index in [9.17, 15) is 4.79 Å². The van der Waals surface area contributed by atoms with Crippen molar-refractivity contribution in [1.29, 1.82) is 0 Å². The van der Waals surface area contributed by atoms with Gasteiger partial charge in [-0.15, -0.1) is 0 Å². The van der Waals surface area contributed by atoms with E-state index in [1.807, 2.05) is 18.2 Å². The third-order valence-electron chi connectivity index (χ3n) is 5.24. The third kappa shape index (κ3) is 3.85. The molecular weight excluding hydrogens is 328 g/mol. The van der Waals surface area contributed by atoms with Crippen molar-refractivity contribution >= 4 is 11.8 Å². The number of allylic oxidation sites excluding steroid dienone is 1. The van der Waals surface area contributed by atoms with Crippen molar-refractivity contribution in [3.8, 4) is 0 Å². The highest BCUT2D eigenvalue weighted by atomic mass is 16.6. The lowest BCUT2D eigenvalue weighted by Crippen LogP contribution is -2.48. The molecule has 0 saturated carbocycles. The predicted octanol–water partition coefficient (Wildman–Crippen LogP) is 1.64. The minimum absolute atomic E-state index is 0.0251. The van der Waals surface area contributed by atoms with Crippen LogP contribution in [0.5, 0.6) is 0 Å². The number of nitrogens with one attached hydrogen (secondary N) is 2. The molecule has 1 aromatic rings. The van der Waals surface area contributed by atoms with Gasteiger partial charge in [-0.1, -0.05) is 23.8 Å². The van der Waals surface area contributed by atoms with Gasteiger partial charge in [0.15, 0.2) is 0 Å². The number of hydrogen-bond acceptors (Lipinski definition) is 5. The molecule has 0 radical (unpaired) electrons. The van der Waals surface area contributed by atoms with Gasteiger partial charge in [0.05, 0.1) is 6.04 Å². The number of piperazine rings is 1. The van der Waals surface area contributed by atoms with Gasteiger partial charge >= 0.3 is 6.09 Å². The van der Waals surface area contributed by atoms with E-state index in [1.165, 1.54) is 11.3 Å². The Morgan fingerprint density at radius 1 is 1.19 bits per heavy atom. The first-order valence-corrected chi connectivity index (χ1v) is 9.32. The number of ether oxygens (including phenoxy) is 1. The summed E-state index contributed by atoms with van der Waals surface area (Å²) in [7, 11) is 0. The number of alkyl carbamates (subject to hydrolysis) is 1. The summed E-state index contributed by atoms with van der Waals surface area (Å²) < 4.78 is 5.22. The van der Waals surface area contributed by atoms with Gasteiger partial charge < -0.3 is 20.3 Å². The summed E-state index contributed by atoms with van der Waals surface area (Å²) in [4.78, 5) is 16.2.